The number of hydrogen-bond donors (Lipinski definition) is 0. The van der Waals surface area contributed by atoms with E-state index in [2.05, 4.69) is 0 Å². The summed E-state index contributed by atoms with van der Waals surface area (Å²) in [6, 6.07) is 0. The molecule has 0 radical (unpaired) electrons. The molecule has 0 spiro atoms. The van der Waals surface area contributed by atoms with Crippen LogP contribution in [0.3, 0.4) is 0 Å². The zero-order valence-corrected chi connectivity index (χ0v) is 13.4. The summed E-state index contributed by atoms with van der Waals surface area (Å²) < 4.78 is 4.81. The van der Waals surface area contributed by atoms with Crippen LogP contribution in [-0.2, 0) is 17.6 Å². The van der Waals surface area contributed by atoms with Crippen LogP contribution in [0.4, 0.5) is 0 Å². The summed E-state index contributed by atoms with van der Waals surface area (Å²) in [7, 11) is 1.45. The monoisotopic (exact) mass is 270 g/mol. The molecular weight excluding hydrogens is 244 g/mol. The maximum Gasteiger partial charge on any atom is 0.339 e. The first-order valence-electron chi connectivity index (χ1n) is 6.93. The van der Waals surface area contributed by atoms with Gasteiger partial charge in [0.1, 0.15) is 0 Å². The van der Waals surface area contributed by atoms with Gasteiger partial charge in [0.2, 0.25) is 0 Å². The van der Waals surface area contributed by atoms with Gasteiger partial charge in [0.25, 0.3) is 0 Å². The maximum atomic E-state index is 11.6. The van der Waals surface area contributed by atoms with Crippen molar-refractivity contribution in [1.82, 2.24) is 0 Å². The topological polar surface area (TPSA) is 26.3 Å². The predicted molar refractivity (Wildman–Crippen MR) is 79.7 cm³/mol. The van der Waals surface area contributed by atoms with Gasteiger partial charge in [-0.05, 0) is 38.2 Å². The molecule has 0 saturated carbocycles. The molecule has 18 heavy (non-hydrogen) atoms. The molecule has 1 aromatic rings. The lowest BCUT2D eigenvalue weighted by Crippen LogP contribution is -2.08. The molecule has 0 aromatic carbocycles. The van der Waals surface area contributed by atoms with Crippen LogP contribution in [0.15, 0.2) is 0 Å². The van der Waals surface area contributed by atoms with E-state index in [1.54, 1.807) is 11.3 Å². The molecule has 1 aliphatic carbocycles. The number of fused-ring (bicyclic) bond motifs is 1. The van der Waals surface area contributed by atoms with E-state index in [-0.39, 0.29) is 5.97 Å². The first-order valence-corrected chi connectivity index (χ1v) is 7.75. The Balaban J connectivity index is 0.000000659. The molecule has 1 aliphatic rings. The highest BCUT2D eigenvalue weighted by Crippen LogP contribution is 2.34. The van der Waals surface area contributed by atoms with Crippen molar-refractivity contribution in [3.63, 3.8) is 0 Å². The molecule has 1 heterocycles. The number of thiophene rings is 1. The van der Waals surface area contributed by atoms with E-state index in [0.717, 1.165) is 23.3 Å². The minimum Gasteiger partial charge on any atom is -0.465 e. The Morgan fingerprint density at radius 3 is 2.22 bits per heavy atom. The Hall–Kier alpha value is -0.830. The van der Waals surface area contributed by atoms with Gasteiger partial charge in [-0.2, -0.15) is 0 Å². The first-order chi connectivity index (χ1) is 8.74. The molecule has 0 saturated heterocycles. The molecular formula is C15H26O2S. The van der Waals surface area contributed by atoms with Crippen molar-refractivity contribution < 1.29 is 9.53 Å². The smallest absolute Gasteiger partial charge is 0.339 e. The van der Waals surface area contributed by atoms with E-state index < -0.39 is 0 Å². The first kappa shape index (κ1) is 17.2. The molecule has 1 aromatic heterocycles. The van der Waals surface area contributed by atoms with Crippen LogP contribution in [0.1, 0.15) is 66.2 Å². The van der Waals surface area contributed by atoms with Crippen molar-refractivity contribution in [2.45, 2.75) is 60.3 Å². The van der Waals surface area contributed by atoms with Crippen LogP contribution in [0.25, 0.3) is 0 Å². The third-order valence-electron chi connectivity index (χ3n) is 2.74. The lowest BCUT2D eigenvalue weighted by Gasteiger charge is -2.11. The van der Waals surface area contributed by atoms with E-state index in [1.807, 2.05) is 34.6 Å². The quantitative estimate of drug-likeness (QED) is 0.687. The summed E-state index contributed by atoms with van der Waals surface area (Å²) >= 11 is 1.76. The van der Waals surface area contributed by atoms with Crippen molar-refractivity contribution >= 4 is 17.3 Å². The van der Waals surface area contributed by atoms with Gasteiger partial charge in [0.15, 0.2) is 0 Å². The van der Waals surface area contributed by atoms with Gasteiger partial charge in [-0.25, -0.2) is 4.79 Å². The zero-order valence-electron chi connectivity index (χ0n) is 12.6. The van der Waals surface area contributed by atoms with E-state index in [0.29, 0.717) is 0 Å². The van der Waals surface area contributed by atoms with E-state index >= 15 is 0 Å². The Labute approximate surface area is 115 Å². The third kappa shape index (κ3) is 3.84. The van der Waals surface area contributed by atoms with Crippen LogP contribution in [0.2, 0.25) is 0 Å². The number of aryl methyl sites for hydroxylation is 2. The summed E-state index contributed by atoms with van der Waals surface area (Å²) in [6.07, 6.45) is 4.64. The highest BCUT2D eigenvalue weighted by molar-refractivity contribution is 7.12. The number of carbonyl (C=O) groups is 1. The van der Waals surface area contributed by atoms with Crippen molar-refractivity contribution in [3.05, 3.63) is 20.9 Å². The van der Waals surface area contributed by atoms with Gasteiger partial charge < -0.3 is 4.74 Å². The van der Waals surface area contributed by atoms with E-state index in [9.17, 15) is 4.79 Å². The maximum absolute atomic E-state index is 11.6. The Morgan fingerprint density at radius 1 is 1.11 bits per heavy atom. The van der Waals surface area contributed by atoms with Crippen molar-refractivity contribution in [2.75, 3.05) is 7.11 Å². The highest BCUT2D eigenvalue weighted by atomic mass is 32.1. The summed E-state index contributed by atoms with van der Waals surface area (Å²) in [6.45, 7) is 10.0. The van der Waals surface area contributed by atoms with Crippen LogP contribution in [0.5, 0.6) is 0 Å². The summed E-state index contributed by atoms with van der Waals surface area (Å²) in [5.41, 5.74) is 2.10. The molecule has 3 heteroatoms. The molecule has 0 atom stereocenters. The fourth-order valence-corrected chi connectivity index (χ4v) is 3.32. The van der Waals surface area contributed by atoms with Crippen LogP contribution >= 0.6 is 11.3 Å². The second-order valence-corrected chi connectivity index (χ2v) is 4.94. The molecule has 0 bridgehead atoms. The Kier molecular flexibility index (Phi) is 8.73. The second kappa shape index (κ2) is 9.15. The number of ether oxygens (including phenoxy) is 1. The average molecular weight is 270 g/mol. The standard InChI is InChI=1S/C11H14O2S.2C2H6/c1-7-10(11(12)13-2)8-5-3-4-6-9(8)14-7;2*1-2/h3-6H2,1-2H3;2*1-2H3. The van der Waals surface area contributed by atoms with E-state index in [1.165, 1.54) is 30.4 Å². The summed E-state index contributed by atoms with van der Waals surface area (Å²) in [4.78, 5) is 14.1. The molecule has 2 nitrogen and oxygen atoms in total. The minimum absolute atomic E-state index is 0.165. The van der Waals surface area contributed by atoms with Gasteiger partial charge in [0, 0.05) is 9.75 Å². The molecule has 0 N–H and O–H groups in total. The molecule has 0 fully saturated rings. The van der Waals surface area contributed by atoms with Crippen LogP contribution < -0.4 is 0 Å². The van der Waals surface area contributed by atoms with Crippen molar-refractivity contribution in [3.8, 4) is 0 Å². The molecule has 2 rings (SSSR count). The van der Waals surface area contributed by atoms with Crippen molar-refractivity contribution in [2.24, 2.45) is 0 Å². The molecule has 0 aliphatic heterocycles. The molecule has 104 valence electrons. The van der Waals surface area contributed by atoms with Gasteiger partial charge in [0.05, 0.1) is 12.7 Å². The average Bonchev–Trinajstić information content (AvgIpc) is 2.78. The molecule has 0 unspecified atom stereocenters. The lowest BCUT2D eigenvalue weighted by molar-refractivity contribution is 0.0599. The van der Waals surface area contributed by atoms with Crippen LogP contribution in [-0.4, -0.2) is 13.1 Å². The number of hydrogen-bond acceptors (Lipinski definition) is 3. The minimum atomic E-state index is -0.165. The molecule has 0 amide bonds. The number of carbonyl (C=O) groups excluding carboxylic acids is 1. The Bertz CT molecular complexity index is 367. The van der Waals surface area contributed by atoms with Gasteiger partial charge in [-0.3, -0.25) is 0 Å². The lowest BCUT2D eigenvalue weighted by atomic mass is 9.95. The van der Waals surface area contributed by atoms with Gasteiger partial charge in [-0.1, -0.05) is 27.7 Å². The zero-order chi connectivity index (χ0) is 14.1. The Morgan fingerprint density at radius 2 is 1.67 bits per heavy atom. The van der Waals surface area contributed by atoms with Gasteiger partial charge in [-0.15, -0.1) is 11.3 Å². The third-order valence-corrected chi connectivity index (χ3v) is 3.94. The summed E-state index contributed by atoms with van der Waals surface area (Å²) in [5.74, 6) is -0.165. The summed E-state index contributed by atoms with van der Waals surface area (Å²) in [5, 5.41) is 0. The highest BCUT2D eigenvalue weighted by Gasteiger charge is 2.23. The van der Waals surface area contributed by atoms with Gasteiger partial charge >= 0.3 is 5.97 Å². The van der Waals surface area contributed by atoms with Crippen LogP contribution in [0, 0.1) is 6.92 Å². The van der Waals surface area contributed by atoms with E-state index in [4.69, 9.17) is 4.74 Å². The SMILES string of the molecule is CC.CC.COC(=O)c1c(C)sc2c1CCCC2. The van der Waals surface area contributed by atoms with Crippen molar-refractivity contribution in [1.29, 1.82) is 0 Å². The second-order valence-electron chi connectivity index (χ2n) is 3.63. The number of methoxy groups -OCH3 is 1. The predicted octanol–water partition coefficient (Wildman–Crippen LogP) is 4.77. The fourth-order valence-electron chi connectivity index (χ4n) is 2.07. The normalized spacial score (nSPS) is 12.3. The largest absolute Gasteiger partial charge is 0.465 e. The number of rotatable bonds is 1. The number of esters is 1. The fraction of sp³-hybridized carbons (Fsp3) is 0.667.